The van der Waals surface area contributed by atoms with Crippen LogP contribution in [0, 0.1) is 0 Å². The Kier molecular flexibility index (Phi) is 6.92. The molecule has 1 aromatic carbocycles. The van der Waals surface area contributed by atoms with Gasteiger partial charge in [-0.05, 0) is 31.2 Å². The fourth-order valence-corrected chi connectivity index (χ4v) is 4.32. The van der Waals surface area contributed by atoms with Crippen LogP contribution in [-0.4, -0.2) is 65.6 Å². The summed E-state index contributed by atoms with van der Waals surface area (Å²) in [5, 5.41) is 22.1. The van der Waals surface area contributed by atoms with Crippen molar-refractivity contribution in [2.24, 2.45) is 0 Å². The molecular weight excluding hydrogens is 509 g/mol. The number of benzene rings is 1. The summed E-state index contributed by atoms with van der Waals surface area (Å²) in [7, 11) is -4.85. The summed E-state index contributed by atoms with van der Waals surface area (Å²) in [5.41, 5.74) is 3.36. The van der Waals surface area contributed by atoms with E-state index in [1.807, 2.05) is 0 Å². The first-order chi connectivity index (χ1) is 16.4. The molecule has 2 aromatic heterocycles. The number of hydrogen-bond donors (Lipinski definition) is 6. The molecule has 0 saturated carbocycles. The Hall–Kier alpha value is -2.55. The lowest BCUT2D eigenvalue weighted by Crippen LogP contribution is -2.44. The van der Waals surface area contributed by atoms with Crippen molar-refractivity contribution in [3.8, 4) is 5.75 Å². The highest BCUT2D eigenvalue weighted by molar-refractivity contribution is 7.46. The zero-order valence-corrected chi connectivity index (χ0v) is 20.0. The lowest BCUT2D eigenvalue weighted by Gasteiger charge is -2.24. The predicted octanol–water partition coefficient (Wildman–Crippen LogP) is -0.555. The van der Waals surface area contributed by atoms with Crippen LogP contribution in [0.5, 0.6) is 5.75 Å². The molecule has 14 nitrogen and oxygen atoms in total. The zero-order chi connectivity index (χ0) is 25.5. The third-order valence-corrected chi connectivity index (χ3v) is 6.26. The molecule has 1 aliphatic rings. The Morgan fingerprint density at radius 3 is 2.71 bits per heavy atom. The van der Waals surface area contributed by atoms with E-state index >= 15 is 0 Å². The summed E-state index contributed by atoms with van der Waals surface area (Å²) < 4.78 is 29.7. The van der Waals surface area contributed by atoms with E-state index in [9.17, 15) is 19.6 Å². The van der Waals surface area contributed by atoms with Gasteiger partial charge in [0, 0.05) is 5.02 Å². The SMILES string of the molecule is C[C@@]1(O)[C@@H](n2c[n+](CCOc3ccc(Cl)cc3)c3c(=O)[nH]c(N)nc32)O[C@@H](COP(=O)(O)O)[C@@H]1O. The number of aromatic amines is 1. The van der Waals surface area contributed by atoms with Gasteiger partial charge in [0.1, 0.15) is 31.1 Å². The third kappa shape index (κ3) is 5.34. The minimum Gasteiger partial charge on any atom is -0.489 e. The molecule has 1 saturated heterocycles. The molecule has 7 N–H and O–H groups in total. The van der Waals surface area contributed by atoms with Crippen LogP contribution in [0.4, 0.5) is 5.95 Å². The van der Waals surface area contributed by atoms with Gasteiger partial charge in [0.25, 0.3) is 11.2 Å². The average Bonchev–Trinajstić information content (AvgIpc) is 3.22. The van der Waals surface area contributed by atoms with Crippen LogP contribution in [0.2, 0.25) is 5.02 Å². The highest BCUT2D eigenvalue weighted by atomic mass is 35.5. The van der Waals surface area contributed by atoms with Crippen molar-refractivity contribution in [1.82, 2.24) is 14.5 Å². The monoisotopic (exact) mass is 532 g/mol. The number of fused-ring (bicyclic) bond motifs is 1. The van der Waals surface area contributed by atoms with E-state index in [1.54, 1.807) is 24.3 Å². The van der Waals surface area contributed by atoms with Crippen molar-refractivity contribution in [2.45, 2.75) is 37.5 Å². The molecular formula is C19H24ClN5O9P+. The number of nitrogens with one attached hydrogen (secondary N) is 1. The number of H-pyrrole nitrogens is 1. The summed E-state index contributed by atoms with van der Waals surface area (Å²) in [6, 6.07) is 6.72. The number of nitrogen functional groups attached to an aromatic ring is 1. The molecule has 0 bridgehead atoms. The molecule has 4 atom stereocenters. The van der Waals surface area contributed by atoms with Gasteiger partial charge in [-0.15, -0.1) is 0 Å². The van der Waals surface area contributed by atoms with E-state index in [0.29, 0.717) is 10.8 Å². The first-order valence-corrected chi connectivity index (χ1v) is 12.2. The molecule has 3 heterocycles. The fourth-order valence-electron chi connectivity index (χ4n) is 3.86. The quantitative estimate of drug-likeness (QED) is 0.160. The van der Waals surface area contributed by atoms with E-state index in [0.717, 1.165) is 0 Å². The lowest BCUT2D eigenvalue weighted by molar-refractivity contribution is -0.673. The van der Waals surface area contributed by atoms with Crippen LogP contribution in [0.3, 0.4) is 0 Å². The number of nitrogens with zero attached hydrogens (tertiary/aromatic N) is 3. The maximum Gasteiger partial charge on any atom is 0.469 e. The normalized spacial score (nSPS) is 24.8. The summed E-state index contributed by atoms with van der Waals surface area (Å²) in [6.45, 7) is 0.917. The molecule has 0 unspecified atom stereocenters. The van der Waals surface area contributed by atoms with Gasteiger partial charge < -0.3 is 35.2 Å². The van der Waals surface area contributed by atoms with Gasteiger partial charge in [-0.2, -0.15) is 9.55 Å². The number of ether oxygens (including phenoxy) is 2. The minimum atomic E-state index is -4.85. The van der Waals surface area contributed by atoms with Crippen LogP contribution in [0.25, 0.3) is 11.2 Å². The second-order valence-corrected chi connectivity index (χ2v) is 9.80. The largest absolute Gasteiger partial charge is 0.489 e. The van der Waals surface area contributed by atoms with Crippen LogP contribution < -0.4 is 20.6 Å². The van der Waals surface area contributed by atoms with E-state index in [1.165, 1.54) is 22.4 Å². The zero-order valence-electron chi connectivity index (χ0n) is 18.3. The number of phosphoric acid groups is 1. The van der Waals surface area contributed by atoms with Crippen molar-refractivity contribution >= 4 is 36.5 Å². The van der Waals surface area contributed by atoms with Gasteiger partial charge in [-0.3, -0.25) is 14.3 Å². The summed E-state index contributed by atoms with van der Waals surface area (Å²) in [4.78, 5) is 37.2. The maximum atomic E-state index is 12.7. The number of hydrogen-bond acceptors (Lipinski definition) is 9. The molecule has 0 spiro atoms. The smallest absolute Gasteiger partial charge is 0.469 e. The number of phosphoric ester groups is 1. The van der Waals surface area contributed by atoms with Crippen LogP contribution >= 0.6 is 19.4 Å². The molecule has 1 aliphatic heterocycles. The molecule has 0 aliphatic carbocycles. The number of nitrogens with two attached hydrogens (primary N) is 1. The Morgan fingerprint density at radius 2 is 2.06 bits per heavy atom. The van der Waals surface area contributed by atoms with Gasteiger partial charge in [-0.1, -0.05) is 11.6 Å². The van der Waals surface area contributed by atoms with Crippen LogP contribution in [-0.2, 0) is 20.4 Å². The van der Waals surface area contributed by atoms with E-state index in [4.69, 9.17) is 36.6 Å². The molecule has 190 valence electrons. The second kappa shape index (κ2) is 9.48. The van der Waals surface area contributed by atoms with Crippen molar-refractivity contribution in [2.75, 3.05) is 18.9 Å². The average molecular weight is 533 g/mol. The van der Waals surface area contributed by atoms with E-state index in [-0.39, 0.29) is 30.3 Å². The van der Waals surface area contributed by atoms with Gasteiger partial charge in [0.2, 0.25) is 18.5 Å². The van der Waals surface area contributed by atoms with Crippen molar-refractivity contribution in [3.05, 3.63) is 46.0 Å². The number of anilines is 1. The number of rotatable bonds is 8. The fraction of sp³-hybridized carbons (Fsp3) is 0.421. The highest BCUT2D eigenvalue weighted by Gasteiger charge is 2.56. The molecule has 35 heavy (non-hydrogen) atoms. The van der Waals surface area contributed by atoms with Crippen molar-refractivity contribution in [3.63, 3.8) is 0 Å². The minimum absolute atomic E-state index is 0.0479. The number of imidazole rings is 1. The Morgan fingerprint density at radius 1 is 1.37 bits per heavy atom. The summed E-state index contributed by atoms with van der Waals surface area (Å²) in [6.07, 6.45) is -2.74. The summed E-state index contributed by atoms with van der Waals surface area (Å²) in [5.74, 6) is 0.374. The lowest BCUT2D eigenvalue weighted by atomic mass is 9.96. The molecule has 4 rings (SSSR count). The van der Waals surface area contributed by atoms with E-state index in [2.05, 4.69) is 14.5 Å². The number of aliphatic hydroxyl groups excluding tert-OH is 1. The Bertz CT molecular complexity index is 1320. The summed E-state index contributed by atoms with van der Waals surface area (Å²) >= 11 is 5.87. The van der Waals surface area contributed by atoms with Gasteiger partial charge in [0.15, 0.2) is 5.60 Å². The van der Waals surface area contributed by atoms with Crippen molar-refractivity contribution in [1.29, 1.82) is 0 Å². The van der Waals surface area contributed by atoms with Crippen LogP contribution in [0.1, 0.15) is 13.2 Å². The molecule has 1 fully saturated rings. The van der Waals surface area contributed by atoms with Gasteiger partial charge in [-0.25, -0.2) is 9.13 Å². The van der Waals surface area contributed by atoms with E-state index < -0.39 is 44.0 Å². The number of aliphatic hydroxyl groups is 2. The van der Waals surface area contributed by atoms with Gasteiger partial charge >= 0.3 is 13.4 Å². The predicted molar refractivity (Wildman–Crippen MR) is 120 cm³/mol. The first-order valence-electron chi connectivity index (χ1n) is 10.3. The third-order valence-electron chi connectivity index (χ3n) is 5.52. The van der Waals surface area contributed by atoms with Gasteiger partial charge in [0.05, 0.1) is 6.61 Å². The first kappa shape index (κ1) is 25.5. The molecule has 3 aromatic rings. The molecule has 16 heteroatoms. The maximum absolute atomic E-state index is 12.7. The van der Waals surface area contributed by atoms with Crippen LogP contribution in [0.15, 0.2) is 35.4 Å². The standard InChI is InChI=1S/C19H23ClN5O9P/c1-19(28)14(26)12(8-33-35(29,30)31)34-17(19)25-9-24(13-15(25)22-18(21)23-16(13)27)6-7-32-11-4-2-10(20)3-5-11/h2-5,9,12,14,17,26,28H,6-8H2,1H3,(H4-,21,22,23,27,29,30,31)/p+1/t12-,14-,17-,19-/m0/s1. The molecule has 0 amide bonds. The topological polar surface area (TPSA) is 206 Å². The second-order valence-electron chi connectivity index (χ2n) is 8.13. The number of halogens is 1. The molecule has 0 radical (unpaired) electrons. The van der Waals surface area contributed by atoms with Crippen molar-refractivity contribution < 1.29 is 43.1 Å². The Labute approximate surface area is 202 Å². The number of aromatic nitrogens is 4. The Balaban J connectivity index is 1.65. The highest BCUT2D eigenvalue weighted by Crippen LogP contribution is 2.42.